The first-order valence-corrected chi connectivity index (χ1v) is 12.3. The summed E-state index contributed by atoms with van der Waals surface area (Å²) in [4.78, 5) is 52.7. The van der Waals surface area contributed by atoms with Crippen LogP contribution in [0.3, 0.4) is 0 Å². The summed E-state index contributed by atoms with van der Waals surface area (Å²) < 4.78 is 16.5. The van der Waals surface area contributed by atoms with E-state index in [-0.39, 0.29) is 17.8 Å². The van der Waals surface area contributed by atoms with Crippen LogP contribution in [0.15, 0.2) is 47.3 Å². The van der Waals surface area contributed by atoms with Crippen LogP contribution >= 0.6 is 0 Å². The molecular weight excluding hydrogens is 464 g/mol. The molecule has 2 saturated carbocycles. The molecule has 0 spiro atoms. The molecule has 8 nitrogen and oxygen atoms in total. The number of carbonyl (C=O) groups excluding carboxylic acids is 3. The number of fused-ring (bicyclic) bond motifs is 3. The van der Waals surface area contributed by atoms with Gasteiger partial charge in [0.25, 0.3) is 0 Å². The van der Waals surface area contributed by atoms with E-state index in [1.54, 1.807) is 24.3 Å². The number of furan rings is 1. The molecule has 1 aromatic heterocycles. The number of cyclic esters (lactones) is 1. The lowest BCUT2D eigenvalue weighted by atomic mass is 9.44. The summed E-state index contributed by atoms with van der Waals surface area (Å²) in [6, 6.07) is 8.41. The van der Waals surface area contributed by atoms with Crippen LogP contribution in [0.5, 0.6) is 0 Å². The van der Waals surface area contributed by atoms with Crippen molar-refractivity contribution in [1.29, 1.82) is 0 Å². The van der Waals surface area contributed by atoms with Crippen molar-refractivity contribution in [2.24, 2.45) is 22.7 Å². The van der Waals surface area contributed by atoms with Crippen LogP contribution in [-0.4, -0.2) is 34.9 Å². The zero-order valence-electron chi connectivity index (χ0n) is 20.6. The second kappa shape index (κ2) is 8.32. The van der Waals surface area contributed by atoms with E-state index in [0.29, 0.717) is 31.2 Å². The molecule has 1 saturated heterocycles. The summed E-state index contributed by atoms with van der Waals surface area (Å²) in [6.07, 6.45) is 3.71. The van der Waals surface area contributed by atoms with E-state index in [9.17, 15) is 24.3 Å². The van der Waals surface area contributed by atoms with Crippen molar-refractivity contribution in [2.45, 2.75) is 64.6 Å². The number of ether oxygens (including phenoxy) is 2. The van der Waals surface area contributed by atoms with Gasteiger partial charge in [0.15, 0.2) is 11.9 Å². The number of carbonyl (C=O) groups is 4. The summed E-state index contributed by atoms with van der Waals surface area (Å²) in [5, 5.41) is 10.3. The highest BCUT2D eigenvalue weighted by atomic mass is 16.6. The minimum atomic E-state index is -1.96. The Hall–Kier alpha value is -3.42. The predicted octanol–water partition coefficient (Wildman–Crippen LogP) is 4.44. The van der Waals surface area contributed by atoms with Gasteiger partial charge in [0.05, 0.1) is 24.0 Å². The van der Waals surface area contributed by atoms with Crippen molar-refractivity contribution in [2.75, 3.05) is 0 Å². The molecule has 3 aliphatic rings. The molecule has 2 aromatic rings. The Morgan fingerprint density at radius 1 is 1.06 bits per heavy atom. The lowest BCUT2D eigenvalue weighted by Crippen LogP contribution is -2.64. The molecule has 1 N–H and O–H groups in total. The van der Waals surface area contributed by atoms with Crippen molar-refractivity contribution in [3.63, 3.8) is 0 Å². The number of hydrogen-bond acceptors (Lipinski definition) is 7. The average Bonchev–Trinajstić information content (AvgIpc) is 3.36. The number of aliphatic carboxylic acids is 1. The summed E-state index contributed by atoms with van der Waals surface area (Å²) in [5.41, 5.74) is -1.83. The maximum atomic E-state index is 14.0. The molecule has 1 aromatic carbocycles. The molecule has 36 heavy (non-hydrogen) atoms. The van der Waals surface area contributed by atoms with Crippen LogP contribution in [-0.2, 0) is 29.5 Å². The summed E-state index contributed by atoms with van der Waals surface area (Å²) in [6.45, 7) is 5.76. The third-order valence-corrected chi connectivity index (χ3v) is 8.79. The first-order valence-electron chi connectivity index (χ1n) is 12.3. The lowest BCUT2D eigenvalue weighted by molar-refractivity contribution is -0.224. The van der Waals surface area contributed by atoms with Crippen LogP contribution < -0.4 is 0 Å². The molecule has 3 fully saturated rings. The van der Waals surface area contributed by atoms with Crippen LogP contribution in [0, 0.1) is 29.6 Å². The van der Waals surface area contributed by atoms with Crippen LogP contribution in [0.25, 0.3) is 0 Å². The highest BCUT2D eigenvalue weighted by molar-refractivity contribution is 5.95. The minimum Gasteiger partial charge on any atom is -0.478 e. The zero-order valence-corrected chi connectivity index (χ0v) is 20.6. The van der Waals surface area contributed by atoms with E-state index in [1.807, 2.05) is 20.8 Å². The average molecular weight is 495 g/mol. The fraction of sp³-hybridized carbons (Fsp3) is 0.500. The monoisotopic (exact) mass is 494 g/mol. The quantitative estimate of drug-likeness (QED) is 0.620. The lowest BCUT2D eigenvalue weighted by Gasteiger charge is -2.60. The maximum absolute atomic E-state index is 14.0. The molecule has 2 heterocycles. The third kappa shape index (κ3) is 3.57. The molecule has 0 radical (unpaired) electrons. The topological polar surface area (TPSA) is 120 Å². The van der Waals surface area contributed by atoms with Gasteiger partial charge in [-0.15, -0.1) is 0 Å². The van der Waals surface area contributed by atoms with Gasteiger partial charge >= 0.3 is 17.9 Å². The number of benzene rings is 1. The Kier molecular flexibility index (Phi) is 5.61. The third-order valence-electron chi connectivity index (χ3n) is 8.79. The molecule has 0 bridgehead atoms. The molecule has 6 atom stereocenters. The highest BCUT2D eigenvalue weighted by Gasteiger charge is 2.68. The van der Waals surface area contributed by atoms with Gasteiger partial charge in [0, 0.05) is 17.9 Å². The van der Waals surface area contributed by atoms with Crippen LogP contribution in [0.1, 0.15) is 67.4 Å². The maximum Gasteiger partial charge on any atom is 0.353 e. The Morgan fingerprint density at radius 2 is 1.75 bits per heavy atom. The Balaban J connectivity index is 1.50. The second-order valence-corrected chi connectivity index (χ2v) is 11.1. The van der Waals surface area contributed by atoms with Crippen molar-refractivity contribution in [3.05, 3.63) is 59.5 Å². The smallest absolute Gasteiger partial charge is 0.353 e. The molecular formula is C28H30O8. The van der Waals surface area contributed by atoms with Crippen LogP contribution in [0.4, 0.5) is 0 Å². The minimum absolute atomic E-state index is 0.0735. The number of esters is 2. The molecule has 8 heteroatoms. The van der Waals surface area contributed by atoms with E-state index >= 15 is 0 Å². The summed E-state index contributed by atoms with van der Waals surface area (Å²) in [7, 11) is 0. The van der Waals surface area contributed by atoms with E-state index < -0.39 is 52.3 Å². The Labute approximate surface area is 209 Å². The Morgan fingerprint density at radius 3 is 2.39 bits per heavy atom. The van der Waals surface area contributed by atoms with Gasteiger partial charge in [0.1, 0.15) is 0 Å². The summed E-state index contributed by atoms with van der Waals surface area (Å²) >= 11 is 0. The molecule has 190 valence electrons. The van der Waals surface area contributed by atoms with Crippen molar-refractivity contribution < 1.29 is 38.2 Å². The van der Waals surface area contributed by atoms with Crippen molar-refractivity contribution in [3.8, 4) is 0 Å². The Bertz CT molecular complexity index is 1210. The number of carboxylic acids is 1. The van der Waals surface area contributed by atoms with Crippen molar-refractivity contribution >= 4 is 23.7 Å². The SMILES string of the molecule is Cc1ccc(C(=O)OC2CCC3(C)CCC4C(=O)OC(C(=O)O)(c5ccoc5)CC4(C)C3C2=O)cc1. The largest absolute Gasteiger partial charge is 0.478 e. The number of carboxylic acid groups (broad SMARTS) is 1. The van der Waals surface area contributed by atoms with Crippen molar-refractivity contribution in [1.82, 2.24) is 0 Å². The molecule has 5 rings (SSSR count). The van der Waals surface area contributed by atoms with Gasteiger partial charge in [0.2, 0.25) is 5.60 Å². The van der Waals surface area contributed by atoms with Gasteiger partial charge in [-0.1, -0.05) is 31.5 Å². The van der Waals surface area contributed by atoms with Gasteiger partial charge in [-0.25, -0.2) is 9.59 Å². The van der Waals surface area contributed by atoms with E-state index in [4.69, 9.17) is 13.9 Å². The number of Topliss-reactive ketones (excluding diaryl/α,β-unsaturated/α-hetero) is 1. The van der Waals surface area contributed by atoms with E-state index in [2.05, 4.69) is 0 Å². The molecule has 2 aliphatic carbocycles. The highest BCUT2D eigenvalue weighted by Crippen LogP contribution is 2.64. The van der Waals surface area contributed by atoms with E-state index in [1.165, 1.54) is 18.6 Å². The van der Waals surface area contributed by atoms with Gasteiger partial charge in [-0.2, -0.15) is 0 Å². The number of hydrogen-bond donors (Lipinski definition) is 1. The van der Waals surface area contributed by atoms with E-state index in [0.717, 1.165) is 5.56 Å². The first-order chi connectivity index (χ1) is 17.0. The number of aryl methyl sites for hydroxylation is 1. The summed E-state index contributed by atoms with van der Waals surface area (Å²) in [5.74, 6) is -4.07. The molecule has 1 aliphatic heterocycles. The molecule has 6 unspecified atom stereocenters. The zero-order chi connectivity index (χ0) is 25.9. The molecule has 0 amide bonds. The normalized spacial score (nSPS) is 35.8. The first kappa shape index (κ1) is 24.3. The number of ketones is 1. The predicted molar refractivity (Wildman–Crippen MR) is 126 cm³/mol. The van der Waals surface area contributed by atoms with Gasteiger partial charge in [-0.05, 0) is 61.6 Å². The van der Waals surface area contributed by atoms with Crippen LogP contribution in [0.2, 0.25) is 0 Å². The fourth-order valence-electron chi connectivity index (χ4n) is 7.00. The van der Waals surface area contributed by atoms with Gasteiger partial charge < -0.3 is 19.0 Å². The van der Waals surface area contributed by atoms with Gasteiger partial charge in [-0.3, -0.25) is 9.59 Å². The fourth-order valence-corrected chi connectivity index (χ4v) is 7.00. The standard InChI is InChI=1S/C28H30O8/c1-16-4-6-17(7-5-16)23(30)35-20-9-12-26(2)11-8-19-24(31)36-28(25(32)33,18-10-13-34-14-18)15-27(19,3)22(26)21(20)29/h4-7,10,13-14,19-20,22H,8-9,11-12,15H2,1-3H3,(H,32,33). The second-order valence-electron chi connectivity index (χ2n) is 11.1. The number of rotatable bonds is 4.